The van der Waals surface area contributed by atoms with E-state index in [-0.39, 0.29) is 5.84 Å². The number of nitrogens with zero attached hydrogens (tertiary/aromatic N) is 3. The van der Waals surface area contributed by atoms with Gasteiger partial charge in [-0.15, -0.1) is 5.11 Å². The Bertz CT molecular complexity index is 802. The Morgan fingerprint density at radius 2 is 1.90 bits per heavy atom. The molecule has 0 radical (unpaired) electrons. The molecule has 5 nitrogen and oxygen atoms in total. The molecule has 0 aliphatic rings. The lowest BCUT2D eigenvalue weighted by atomic mass is 10.1. The van der Waals surface area contributed by atoms with Gasteiger partial charge in [-0.1, -0.05) is 35.6 Å². The van der Waals surface area contributed by atoms with Crippen LogP contribution < -0.4 is 5.84 Å². The van der Waals surface area contributed by atoms with Gasteiger partial charge in [-0.25, -0.2) is 0 Å². The first-order valence-corrected chi connectivity index (χ1v) is 6.60. The summed E-state index contributed by atoms with van der Waals surface area (Å²) in [7, 11) is 0. The average molecular weight is 277 g/mol. The van der Waals surface area contributed by atoms with E-state index in [9.17, 15) is 0 Å². The Balaban J connectivity index is 1.94. The van der Waals surface area contributed by atoms with E-state index >= 15 is 0 Å². The van der Waals surface area contributed by atoms with Crippen molar-refractivity contribution in [3.05, 3.63) is 71.9 Å². The molecule has 0 fully saturated rings. The van der Waals surface area contributed by atoms with Gasteiger partial charge in [0.25, 0.3) is 0 Å². The zero-order valence-corrected chi connectivity index (χ0v) is 11.4. The van der Waals surface area contributed by atoms with Gasteiger partial charge in [0.1, 0.15) is 0 Å². The molecule has 0 saturated carbocycles. The van der Waals surface area contributed by atoms with E-state index in [4.69, 9.17) is 11.3 Å². The highest BCUT2D eigenvalue weighted by Gasteiger charge is 2.05. The van der Waals surface area contributed by atoms with E-state index < -0.39 is 0 Å². The summed E-state index contributed by atoms with van der Waals surface area (Å²) in [5.41, 5.74) is 3.08. The van der Waals surface area contributed by atoms with E-state index in [1.165, 1.54) is 5.56 Å². The summed E-state index contributed by atoms with van der Waals surface area (Å²) >= 11 is 0. The lowest BCUT2D eigenvalue weighted by Gasteiger charge is -2.06. The second-order valence-electron chi connectivity index (χ2n) is 4.77. The van der Waals surface area contributed by atoms with Gasteiger partial charge in [0.05, 0.1) is 0 Å². The molecule has 104 valence electrons. The number of aromatic nitrogens is 1. The molecule has 0 aliphatic carbocycles. The van der Waals surface area contributed by atoms with Gasteiger partial charge in [-0.3, -0.25) is 5.41 Å². The van der Waals surface area contributed by atoms with Crippen LogP contribution in [0, 0.1) is 5.41 Å². The van der Waals surface area contributed by atoms with Gasteiger partial charge >= 0.3 is 0 Å². The maximum Gasteiger partial charge on any atom is 0.176 e. The molecule has 0 spiro atoms. The van der Waals surface area contributed by atoms with Gasteiger partial charge < -0.3 is 10.4 Å². The molecule has 0 bridgehead atoms. The second kappa shape index (κ2) is 5.58. The maximum atomic E-state index is 7.74. The Morgan fingerprint density at radius 1 is 1.10 bits per heavy atom. The van der Waals surface area contributed by atoms with Crippen LogP contribution in [0.5, 0.6) is 0 Å². The van der Waals surface area contributed by atoms with Crippen molar-refractivity contribution in [2.24, 2.45) is 16.2 Å². The lowest BCUT2D eigenvalue weighted by Crippen LogP contribution is -1.98. The number of nitrogens with one attached hydrogen (secondary N) is 1. The molecule has 1 heterocycles. The van der Waals surface area contributed by atoms with Gasteiger partial charge in [-0.2, -0.15) is 0 Å². The minimum Gasteiger partial charge on any atom is -0.343 e. The number of hydrogen-bond donors (Lipinski definition) is 2. The topological polar surface area (TPSA) is 79.5 Å². The van der Waals surface area contributed by atoms with Crippen LogP contribution in [0.3, 0.4) is 0 Å². The van der Waals surface area contributed by atoms with Crippen LogP contribution in [0.25, 0.3) is 10.9 Å². The molecule has 0 amide bonds. The fourth-order valence-electron chi connectivity index (χ4n) is 2.38. The zero-order chi connectivity index (χ0) is 14.7. The standard InChI is InChI=1S/C16H15N5/c17-16(19-20-18)14-6-7-15-13(10-14)8-9-21(15)11-12-4-2-1-3-5-12/h1-10H,11H2,(H3,17,18,19). The van der Waals surface area contributed by atoms with Gasteiger partial charge in [-0.05, 0) is 29.8 Å². The molecule has 3 rings (SSSR count). The third kappa shape index (κ3) is 2.67. The summed E-state index contributed by atoms with van der Waals surface area (Å²) in [4.78, 5) is 0. The summed E-state index contributed by atoms with van der Waals surface area (Å²) in [5, 5.41) is 15.5. The fraction of sp³-hybridized carbons (Fsp3) is 0.0625. The third-order valence-corrected chi connectivity index (χ3v) is 3.40. The molecule has 21 heavy (non-hydrogen) atoms. The first-order chi connectivity index (χ1) is 10.3. The number of rotatable bonds is 3. The number of amidine groups is 1. The van der Waals surface area contributed by atoms with Crippen molar-refractivity contribution in [3.8, 4) is 0 Å². The minimum absolute atomic E-state index is 0.0650. The molecular formula is C16H15N5. The van der Waals surface area contributed by atoms with Gasteiger partial charge in [0, 0.05) is 29.2 Å². The van der Waals surface area contributed by atoms with Crippen molar-refractivity contribution in [2.75, 3.05) is 0 Å². The number of nitrogens with two attached hydrogens (primary N) is 1. The van der Waals surface area contributed by atoms with Crippen LogP contribution in [0.2, 0.25) is 0 Å². The largest absolute Gasteiger partial charge is 0.343 e. The smallest absolute Gasteiger partial charge is 0.176 e. The zero-order valence-electron chi connectivity index (χ0n) is 11.4. The number of fused-ring (bicyclic) bond motifs is 1. The highest BCUT2D eigenvalue weighted by atomic mass is 15.3. The van der Waals surface area contributed by atoms with Crippen molar-refractivity contribution in [1.29, 1.82) is 5.41 Å². The van der Waals surface area contributed by atoms with Crippen LogP contribution in [0.1, 0.15) is 11.1 Å². The molecule has 5 heteroatoms. The van der Waals surface area contributed by atoms with E-state index in [0.29, 0.717) is 5.56 Å². The Hall–Kier alpha value is -2.95. The first kappa shape index (κ1) is 13.1. The summed E-state index contributed by atoms with van der Waals surface area (Å²) in [6, 6.07) is 18.1. The summed E-state index contributed by atoms with van der Waals surface area (Å²) in [5.74, 6) is 5.05. The number of hydrogen-bond acceptors (Lipinski definition) is 2. The molecule has 0 aliphatic heterocycles. The van der Waals surface area contributed by atoms with Crippen LogP contribution in [-0.2, 0) is 6.54 Å². The Morgan fingerprint density at radius 3 is 2.67 bits per heavy atom. The predicted molar refractivity (Wildman–Crippen MR) is 83.4 cm³/mol. The normalized spacial score (nSPS) is 11.2. The molecule has 2 aromatic carbocycles. The summed E-state index contributed by atoms with van der Waals surface area (Å²) in [6.45, 7) is 0.823. The molecule has 0 saturated heterocycles. The lowest BCUT2D eigenvalue weighted by molar-refractivity contribution is 0.837. The first-order valence-electron chi connectivity index (χ1n) is 6.60. The highest BCUT2D eigenvalue weighted by molar-refractivity contribution is 6.00. The van der Waals surface area contributed by atoms with Crippen molar-refractivity contribution < 1.29 is 0 Å². The van der Waals surface area contributed by atoms with E-state index in [2.05, 4.69) is 33.2 Å². The summed E-state index contributed by atoms with van der Waals surface area (Å²) < 4.78 is 2.18. The van der Waals surface area contributed by atoms with Crippen LogP contribution >= 0.6 is 0 Å². The van der Waals surface area contributed by atoms with E-state index in [1.54, 1.807) is 0 Å². The van der Waals surface area contributed by atoms with E-state index in [1.807, 2.05) is 42.5 Å². The SMILES string of the molecule is N=C(N=NN)c1ccc2c(ccn2Cc2ccccc2)c1. The maximum absolute atomic E-state index is 7.74. The molecule has 1 aromatic heterocycles. The quantitative estimate of drug-likeness (QED) is 0.249. The minimum atomic E-state index is 0.0650. The van der Waals surface area contributed by atoms with E-state index in [0.717, 1.165) is 17.4 Å². The average Bonchev–Trinajstić information content (AvgIpc) is 2.91. The number of benzene rings is 2. The second-order valence-corrected chi connectivity index (χ2v) is 4.77. The van der Waals surface area contributed by atoms with Gasteiger partial charge in [0.15, 0.2) is 5.84 Å². The van der Waals surface area contributed by atoms with Gasteiger partial charge in [0.2, 0.25) is 0 Å². The Kier molecular flexibility index (Phi) is 3.47. The van der Waals surface area contributed by atoms with Crippen molar-refractivity contribution in [3.63, 3.8) is 0 Å². The highest BCUT2D eigenvalue weighted by Crippen LogP contribution is 2.19. The van der Waals surface area contributed by atoms with Crippen molar-refractivity contribution in [1.82, 2.24) is 4.57 Å². The molecule has 3 aromatic rings. The Labute approximate surface area is 122 Å². The monoisotopic (exact) mass is 277 g/mol. The van der Waals surface area contributed by atoms with Crippen LogP contribution in [0.4, 0.5) is 0 Å². The van der Waals surface area contributed by atoms with Crippen molar-refractivity contribution in [2.45, 2.75) is 6.54 Å². The van der Waals surface area contributed by atoms with Crippen LogP contribution in [-0.4, -0.2) is 10.4 Å². The third-order valence-electron chi connectivity index (χ3n) is 3.40. The fourth-order valence-corrected chi connectivity index (χ4v) is 2.38. The molecular weight excluding hydrogens is 262 g/mol. The molecule has 3 N–H and O–H groups in total. The van der Waals surface area contributed by atoms with Crippen LogP contribution in [0.15, 0.2) is 71.1 Å². The van der Waals surface area contributed by atoms with Crippen molar-refractivity contribution >= 4 is 16.7 Å². The summed E-state index contributed by atoms with van der Waals surface area (Å²) in [6.07, 6.45) is 2.05. The predicted octanol–water partition coefficient (Wildman–Crippen LogP) is 3.34. The molecule has 0 atom stereocenters. The molecule has 0 unspecified atom stereocenters.